The molecule has 1 aromatic carbocycles. The van der Waals surface area contributed by atoms with E-state index in [-0.39, 0.29) is 42.7 Å². The van der Waals surface area contributed by atoms with Gasteiger partial charge in [0.2, 0.25) is 15.9 Å². The van der Waals surface area contributed by atoms with Gasteiger partial charge in [0.25, 0.3) is 0 Å². The van der Waals surface area contributed by atoms with Crippen LogP contribution in [0.3, 0.4) is 0 Å². The van der Waals surface area contributed by atoms with E-state index >= 15 is 0 Å². The van der Waals surface area contributed by atoms with E-state index < -0.39 is 16.0 Å². The maximum Gasteiger partial charge on any atom is 0.243 e. The fourth-order valence-electron chi connectivity index (χ4n) is 3.14. The highest BCUT2D eigenvalue weighted by Crippen LogP contribution is 2.21. The summed E-state index contributed by atoms with van der Waals surface area (Å²) in [6, 6.07) is 6.92. The van der Waals surface area contributed by atoms with Gasteiger partial charge in [0.1, 0.15) is 0 Å². The minimum atomic E-state index is -3.58. The predicted octanol–water partition coefficient (Wildman–Crippen LogP) is 0.809. The van der Waals surface area contributed by atoms with Crippen molar-refractivity contribution in [3.05, 3.63) is 29.8 Å². The lowest BCUT2D eigenvalue weighted by Gasteiger charge is -2.34. The van der Waals surface area contributed by atoms with Gasteiger partial charge >= 0.3 is 0 Å². The highest BCUT2D eigenvalue weighted by atomic mass is 32.2. The third-order valence-corrected chi connectivity index (χ3v) is 6.73. The molecule has 150 valence electrons. The van der Waals surface area contributed by atoms with Crippen LogP contribution >= 0.6 is 0 Å². The molecule has 2 rings (SSSR count). The summed E-state index contributed by atoms with van der Waals surface area (Å²) in [6.07, 6.45) is -0.0378. The lowest BCUT2D eigenvalue weighted by Crippen LogP contribution is -2.50. The Bertz CT molecular complexity index is 766. The summed E-state index contributed by atoms with van der Waals surface area (Å²) >= 11 is 0. The second kappa shape index (κ2) is 8.84. The number of sulfonamides is 1. The molecule has 1 aromatic rings. The van der Waals surface area contributed by atoms with Crippen LogP contribution in [0.15, 0.2) is 29.2 Å². The van der Waals surface area contributed by atoms with E-state index in [0.29, 0.717) is 19.0 Å². The number of hydrogen-bond donors (Lipinski definition) is 0. The Morgan fingerprint density at radius 2 is 1.56 bits per heavy atom. The Labute approximate surface area is 161 Å². The molecule has 0 unspecified atom stereocenters. The first-order valence-corrected chi connectivity index (χ1v) is 10.6. The molecule has 27 heavy (non-hydrogen) atoms. The quantitative estimate of drug-likeness (QED) is 0.680. The minimum Gasteiger partial charge on any atom is -0.550 e. The number of nitrogens with zero attached hydrogens (tertiary/aromatic N) is 2. The topological polar surface area (TPSA) is 97.8 Å². The van der Waals surface area contributed by atoms with Gasteiger partial charge in [-0.2, -0.15) is 4.31 Å². The molecule has 1 fully saturated rings. The molecule has 1 atom stereocenters. The molecule has 8 heteroatoms. The first-order chi connectivity index (χ1) is 12.6. The molecule has 1 aliphatic rings. The molecule has 0 aromatic heterocycles. The fraction of sp³-hybridized carbons (Fsp3) is 0.579. The first kappa shape index (κ1) is 21.4. The van der Waals surface area contributed by atoms with Crippen molar-refractivity contribution in [2.45, 2.75) is 44.4 Å². The molecule has 0 N–H and O–H groups in total. The average molecular weight is 396 g/mol. The molecule has 1 amide bonds. The van der Waals surface area contributed by atoms with Crippen molar-refractivity contribution in [1.82, 2.24) is 9.21 Å². The summed E-state index contributed by atoms with van der Waals surface area (Å²) in [4.78, 5) is 24.7. The van der Waals surface area contributed by atoms with E-state index in [9.17, 15) is 23.1 Å². The van der Waals surface area contributed by atoms with Crippen molar-refractivity contribution in [1.29, 1.82) is 0 Å². The summed E-state index contributed by atoms with van der Waals surface area (Å²) < 4.78 is 27.0. The molecule has 0 spiro atoms. The number of carboxylic acid groups (broad SMARTS) is 1. The normalized spacial score (nSPS) is 17.1. The number of rotatable bonds is 7. The van der Waals surface area contributed by atoms with Gasteiger partial charge in [-0.3, -0.25) is 4.79 Å². The summed E-state index contributed by atoms with van der Waals surface area (Å²) in [5.41, 5.74) is 1.08. The van der Waals surface area contributed by atoms with Crippen LogP contribution in [0.5, 0.6) is 0 Å². The number of carbonyl (C=O) groups excluding carboxylic acids is 2. The number of benzene rings is 1. The lowest BCUT2D eigenvalue weighted by molar-refractivity contribution is -0.306. The van der Waals surface area contributed by atoms with Crippen molar-refractivity contribution in [2.24, 2.45) is 5.92 Å². The van der Waals surface area contributed by atoms with Gasteiger partial charge in [-0.1, -0.05) is 32.9 Å². The lowest BCUT2D eigenvalue weighted by atomic mass is 10.0. The van der Waals surface area contributed by atoms with Crippen molar-refractivity contribution in [3.8, 4) is 0 Å². The van der Waals surface area contributed by atoms with E-state index in [2.05, 4.69) is 0 Å². The summed E-state index contributed by atoms with van der Waals surface area (Å²) in [5, 5.41) is 10.6. The number of aliphatic carboxylic acids is 1. The van der Waals surface area contributed by atoms with Crippen LogP contribution in [0.2, 0.25) is 0 Å². The van der Waals surface area contributed by atoms with Crippen LogP contribution in [0, 0.1) is 5.92 Å². The van der Waals surface area contributed by atoms with E-state index in [4.69, 9.17) is 0 Å². The number of amides is 1. The van der Waals surface area contributed by atoms with Gasteiger partial charge in [0.15, 0.2) is 0 Å². The Kier molecular flexibility index (Phi) is 7.00. The Morgan fingerprint density at radius 3 is 2.04 bits per heavy atom. The molecule has 1 saturated heterocycles. The van der Waals surface area contributed by atoms with E-state index in [0.717, 1.165) is 5.56 Å². The van der Waals surface area contributed by atoms with Crippen molar-refractivity contribution < 1.29 is 23.1 Å². The van der Waals surface area contributed by atoms with Crippen LogP contribution < -0.4 is 5.11 Å². The van der Waals surface area contributed by atoms with Crippen LogP contribution in [0.4, 0.5) is 0 Å². The van der Waals surface area contributed by atoms with Crippen molar-refractivity contribution >= 4 is 21.9 Å². The molecule has 7 nitrogen and oxygen atoms in total. The van der Waals surface area contributed by atoms with Crippen LogP contribution in [0.1, 0.15) is 45.1 Å². The van der Waals surface area contributed by atoms with Gasteiger partial charge in [-0.05, 0) is 36.0 Å². The molecule has 0 saturated carbocycles. The number of carboxylic acids is 1. The van der Waals surface area contributed by atoms with Crippen molar-refractivity contribution in [3.63, 3.8) is 0 Å². The summed E-state index contributed by atoms with van der Waals surface area (Å²) in [7, 11) is -3.58. The average Bonchev–Trinajstić information content (AvgIpc) is 2.61. The zero-order chi connectivity index (χ0) is 20.2. The number of hydrogen-bond acceptors (Lipinski definition) is 5. The van der Waals surface area contributed by atoms with E-state index in [1.807, 2.05) is 26.0 Å². The second-order valence-corrected chi connectivity index (χ2v) is 9.33. The minimum absolute atomic E-state index is 0.122. The van der Waals surface area contributed by atoms with Crippen LogP contribution in [0.25, 0.3) is 0 Å². The number of carbonyl (C=O) groups is 2. The molecule has 0 aliphatic carbocycles. The molecule has 0 bridgehead atoms. The zero-order valence-corrected chi connectivity index (χ0v) is 16.9. The summed E-state index contributed by atoms with van der Waals surface area (Å²) in [5.74, 6) is -1.30. The second-order valence-electron chi connectivity index (χ2n) is 7.39. The smallest absolute Gasteiger partial charge is 0.243 e. The third-order valence-electron chi connectivity index (χ3n) is 4.81. The molecule has 1 heterocycles. The fourth-order valence-corrected chi connectivity index (χ4v) is 4.56. The van der Waals surface area contributed by atoms with Gasteiger partial charge < -0.3 is 14.8 Å². The largest absolute Gasteiger partial charge is 0.550 e. The maximum absolute atomic E-state index is 12.8. The number of piperazine rings is 1. The monoisotopic (exact) mass is 395 g/mol. The van der Waals surface area contributed by atoms with Gasteiger partial charge in [0.05, 0.1) is 4.90 Å². The van der Waals surface area contributed by atoms with Crippen LogP contribution in [-0.2, 0) is 19.6 Å². The highest BCUT2D eigenvalue weighted by Gasteiger charge is 2.30. The van der Waals surface area contributed by atoms with Gasteiger partial charge in [-0.15, -0.1) is 0 Å². The van der Waals surface area contributed by atoms with Crippen LogP contribution in [-0.4, -0.2) is 55.7 Å². The SMILES string of the molecule is CC(C)c1ccc(S(=O)(=O)N2CCN(C(=O)C[C@@H](C)CC(=O)[O-])CC2)cc1. The Balaban J connectivity index is 1.95. The molecular formula is C19H27N2O5S-. The maximum atomic E-state index is 12.8. The standard InChI is InChI=1S/C19H28N2O5S/c1-14(2)16-4-6-17(7-5-16)27(25,26)21-10-8-20(9-11-21)18(22)12-15(3)13-19(23)24/h4-7,14-15H,8-13H2,1-3H3,(H,23,24)/p-1/t15-/m1/s1. The molecular weight excluding hydrogens is 368 g/mol. The predicted molar refractivity (Wildman–Crippen MR) is 99.3 cm³/mol. The Morgan fingerprint density at radius 1 is 1.00 bits per heavy atom. The molecule has 0 radical (unpaired) electrons. The zero-order valence-electron chi connectivity index (χ0n) is 16.1. The molecule has 1 aliphatic heterocycles. The van der Waals surface area contributed by atoms with Gasteiger partial charge in [0, 0.05) is 38.6 Å². The Hall–Kier alpha value is -1.93. The highest BCUT2D eigenvalue weighted by molar-refractivity contribution is 7.89. The first-order valence-electron chi connectivity index (χ1n) is 9.19. The van der Waals surface area contributed by atoms with E-state index in [1.165, 1.54) is 4.31 Å². The summed E-state index contributed by atoms with van der Waals surface area (Å²) in [6.45, 7) is 6.86. The van der Waals surface area contributed by atoms with E-state index in [1.54, 1.807) is 24.0 Å². The van der Waals surface area contributed by atoms with Crippen molar-refractivity contribution in [2.75, 3.05) is 26.2 Å². The van der Waals surface area contributed by atoms with Gasteiger partial charge in [-0.25, -0.2) is 8.42 Å². The third kappa shape index (κ3) is 5.52.